The van der Waals surface area contributed by atoms with Gasteiger partial charge in [0.1, 0.15) is 5.75 Å². The van der Waals surface area contributed by atoms with Crippen molar-refractivity contribution in [3.05, 3.63) is 77.0 Å². The number of hydrogen-bond donors (Lipinski definition) is 0. The van der Waals surface area contributed by atoms with Gasteiger partial charge in [-0.2, -0.15) is 0 Å². The van der Waals surface area contributed by atoms with Crippen molar-refractivity contribution in [2.24, 2.45) is 0 Å². The van der Waals surface area contributed by atoms with Crippen LogP contribution in [0.5, 0.6) is 5.75 Å². The Labute approximate surface area is 114 Å². The van der Waals surface area contributed by atoms with Crippen LogP contribution in [-0.4, -0.2) is 7.11 Å². The van der Waals surface area contributed by atoms with E-state index in [1.54, 1.807) is 7.11 Å². The van der Waals surface area contributed by atoms with Gasteiger partial charge in [0.25, 0.3) is 0 Å². The number of benzene rings is 2. The molecule has 19 heavy (non-hydrogen) atoms. The molecule has 0 saturated heterocycles. The third kappa shape index (κ3) is 3.37. The summed E-state index contributed by atoms with van der Waals surface area (Å²) in [5, 5.41) is 0. The molecule has 0 aliphatic carbocycles. The number of hydrogen-bond acceptors (Lipinski definition) is 1. The fraction of sp³-hybridized carbons (Fsp3) is 0.167. The molecule has 0 aliphatic rings. The van der Waals surface area contributed by atoms with Gasteiger partial charge in [0.2, 0.25) is 0 Å². The molecule has 0 unspecified atom stereocenters. The van der Waals surface area contributed by atoms with Gasteiger partial charge in [0.15, 0.2) is 0 Å². The van der Waals surface area contributed by atoms with E-state index >= 15 is 0 Å². The molecule has 2 rings (SSSR count). The van der Waals surface area contributed by atoms with E-state index < -0.39 is 0 Å². The highest BCUT2D eigenvalue weighted by Crippen LogP contribution is 2.24. The fourth-order valence-corrected chi connectivity index (χ4v) is 1.92. The average Bonchev–Trinajstić information content (AvgIpc) is 2.46. The molecule has 0 spiro atoms. The number of ether oxygens (including phenoxy) is 1. The van der Waals surface area contributed by atoms with Gasteiger partial charge in [-0.15, -0.1) is 5.73 Å². The molecule has 0 N–H and O–H groups in total. The predicted octanol–water partition coefficient (Wildman–Crippen LogP) is 4.69. The topological polar surface area (TPSA) is 9.23 Å². The zero-order valence-corrected chi connectivity index (χ0v) is 11.6. The molecule has 0 fully saturated rings. The summed E-state index contributed by atoms with van der Waals surface area (Å²) in [6.07, 6.45) is 0. The molecule has 0 aromatic heterocycles. The summed E-state index contributed by atoms with van der Waals surface area (Å²) in [7, 11) is 1.68. The van der Waals surface area contributed by atoms with E-state index in [9.17, 15) is 0 Å². The molecule has 0 saturated carbocycles. The minimum Gasteiger partial charge on any atom is -0.497 e. The summed E-state index contributed by atoms with van der Waals surface area (Å²) in [6.45, 7) is 4.12. The first-order valence-corrected chi connectivity index (χ1v) is 6.34. The molecular weight excluding hydrogens is 232 g/mol. The van der Waals surface area contributed by atoms with Crippen molar-refractivity contribution in [1.29, 1.82) is 0 Å². The van der Waals surface area contributed by atoms with Crippen LogP contribution >= 0.6 is 0 Å². The number of allylic oxidation sites excluding steroid dienone is 1. The van der Waals surface area contributed by atoms with Gasteiger partial charge < -0.3 is 4.74 Å². The van der Waals surface area contributed by atoms with Gasteiger partial charge in [-0.1, -0.05) is 42.5 Å². The molecule has 2 aromatic rings. The highest BCUT2D eigenvalue weighted by Gasteiger charge is 2.04. The summed E-state index contributed by atoms with van der Waals surface area (Å²) >= 11 is 0. The molecule has 0 radical (unpaired) electrons. The van der Waals surface area contributed by atoms with Crippen LogP contribution in [0, 0.1) is 0 Å². The lowest BCUT2D eigenvalue weighted by atomic mass is 9.98. The first-order chi connectivity index (χ1) is 9.20. The molecule has 1 nitrogen and oxygen atoms in total. The van der Waals surface area contributed by atoms with Gasteiger partial charge in [-0.05, 0) is 42.7 Å². The van der Waals surface area contributed by atoms with Crippen molar-refractivity contribution >= 4 is 5.57 Å². The van der Waals surface area contributed by atoms with Crippen LogP contribution in [-0.2, 0) is 0 Å². The summed E-state index contributed by atoms with van der Waals surface area (Å²) in [4.78, 5) is 0. The van der Waals surface area contributed by atoms with E-state index in [4.69, 9.17) is 4.74 Å². The SMILES string of the molecule is COc1ccc(C(=C=C(C)C)c2ccccc2)cc1. The molecule has 0 amide bonds. The lowest BCUT2D eigenvalue weighted by Crippen LogP contribution is -1.88. The van der Waals surface area contributed by atoms with Crippen molar-refractivity contribution in [3.63, 3.8) is 0 Å². The Bertz CT molecular complexity index is 596. The Hall–Kier alpha value is -2.24. The fourth-order valence-electron chi connectivity index (χ4n) is 1.92. The first kappa shape index (κ1) is 13.2. The maximum Gasteiger partial charge on any atom is 0.118 e. The number of rotatable bonds is 3. The van der Waals surface area contributed by atoms with Gasteiger partial charge in [0, 0.05) is 5.57 Å². The van der Waals surface area contributed by atoms with E-state index in [1.165, 1.54) is 5.56 Å². The second kappa shape index (κ2) is 6.08. The van der Waals surface area contributed by atoms with Crippen LogP contribution in [0.1, 0.15) is 25.0 Å². The van der Waals surface area contributed by atoms with E-state index in [0.717, 1.165) is 22.5 Å². The van der Waals surface area contributed by atoms with Crippen molar-refractivity contribution in [1.82, 2.24) is 0 Å². The summed E-state index contributed by atoms with van der Waals surface area (Å²) in [5.41, 5.74) is 8.04. The van der Waals surface area contributed by atoms with E-state index in [-0.39, 0.29) is 0 Å². The summed E-state index contributed by atoms with van der Waals surface area (Å²) in [5.74, 6) is 0.869. The van der Waals surface area contributed by atoms with E-state index in [0.29, 0.717) is 0 Å². The normalized spacial score (nSPS) is 9.63. The molecule has 0 heterocycles. The van der Waals surface area contributed by atoms with Crippen molar-refractivity contribution in [2.45, 2.75) is 13.8 Å². The Morgan fingerprint density at radius 3 is 1.95 bits per heavy atom. The zero-order chi connectivity index (χ0) is 13.7. The molecule has 2 aromatic carbocycles. The molecule has 96 valence electrons. The molecule has 1 heteroatoms. The summed E-state index contributed by atoms with van der Waals surface area (Å²) in [6, 6.07) is 18.4. The van der Waals surface area contributed by atoms with Crippen LogP contribution in [0.2, 0.25) is 0 Å². The minimum atomic E-state index is 0.869. The maximum absolute atomic E-state index is 5.20. The Balaban J connectivity index is 2.54. The lowest BCUT2D eigenvalue weighted by Gasteiger charge is -2.07. The van der Waals surface area contributed by atoms with Crippen molar-refractivity contribution in [2.75, 3.05) is 7.11 Å². The van der Waals surface area contributed by atoms with Crippen LogP contribution in [0.3, 0.4) is 0 Å². The zero-order valence-electron chi connectivity index (χ0n) is 11.6. The van der Waals surface area contributed by atoms with Crippen LogP contribution < -0.4 is 4.74 Å². The number of methoxy groups -OCH3 is 1. The van der Waals surface area contributed by atoms with Gasteiger partial charge >= 0.3 is 0 Å². The van der Waals surface area contributed by atoms with Crippen LogP contribution in [0.25, 0.3) is 5.57 Å². The molecule has 0 bridgehead atoms. The highest BCUT2D eigenvalue weighted by molar-refractivity contribution is 5.79. The van der Waals surface area contributed by atoms with Crippen molar-refractivity contribution in [3.8, 4) is 5.75 Å². The summed E-state index contributed by atoms with van der Waals surface area (Å²) < 4.78 is 5.20. The monoisotopic (exact) mass is 250 g/mol. The quantitative estimate of drug-likeness (QED) is 0.718. The largest absolute Gasteiger partial charge is 0.497 e. The smallest absolute Gasteiger partial charge is 0.118 e. The predicted molar refractivity (Wildman–Crippen MR) is 80.3 cm³/mol. The second-order valence-electron chi connectivity index (χ2n) is 4.59. The van der Waals surface area contributed by atoms with E-state index in [1.807, 2.05) is 30.3 Å². The lowest BCUT2D eigenvalue weighted by molar-refractivity contribution is 0.415. The molecular formula is C18H18O. The van der Waals surface area contributed by atoms with Gasteiger partial charge in [0.05, 0.1) is 7.11 Å². The first-order valence-electron chi connectivity index (χ1n) is 6.34. The second-order valence-corrected chi connectivity index (χ2v) is 4.59. The molecule has 0 aliphatic heterocycles. The third-order valence-electron chi connectivity index (χ3n) is 2.82. The molecule has 0 atom stereocenters. The third-order valence-corrected chi connectivity index (χ3v) is 2.82. The maximum atomic E-state index is 5.20. The Kier molecular flexibility index (Phi) is 4.22. The average molecular weight is 250 g/mol. The van der Waals surface area contributed by atoms with Gasteiger partial charge in [-0.3, -0.25) is 0 Å². The van der Waals surface area contributed by atoms with Crippen LogP contribution in [0.4, 0.5) is 0 Å². The Morgan fingerprint density at radius 1 is 0.842 bits per heavy atom. The van der Waals surface area contributed by atoms with Crippen LogP contribution in [0.15, 0.2) is 65.9 Å². The Morgan fingerprint density at radius 2 is 1.42 bits per heavy atom. The van der Waals surface area contributed by atoms with Crippen molar-refractivity contribution < 1.29 is 4.74 Å². The van der Waals surface area contributed by atoms with Gasteiger partial charge in [-0.25, -0.2) is 0 Å². The standard InChI is InChI=1S/C18H18O/c1-14(2)13-18(15-7-5-4-6-8-15)16-9-11-17(19-3)12-10-16/h4-12H,1-3H3. The highest BCUT2D eigenvalue weighted by atomic mass is 16.5. The van der Waals surface area contributed by atoms with E-state index in [2.05, 4.69) is 43.8 Å². The minimum absolute atomic E-state index is 0.869.